The summed E-state index contributed by atoms with van der Waals surface area (Å²) in [7, 11) is 1.99. The molecule has 1 aliphatic heterocycles. The second-order valence-corrected chi connectivity index (χ2v) is 2.86. The maximum Gasteiger partial charge on any atom is 0.193 e. The highest BCUT2D eigenvalue weighted by Gasteiger charge is 2.11. The molecule has 0 radical (unpaired) electrons. The molecule has 1 heterocycles. The maximum absolute atomic E-state index is 8.96. The zero-order chi connectivity index (χ0) is 8.27. The van der Waals surface area contributed by atoms with Gasteiger partial charge in [0.25, 0.3) is 0 Å². The van der Waals surface area contributed by atoms with Crippen LogP contribution in [0.15, 0.2) is 4.99 Å². The Labute approximate surface area is 90.1 Å². The lowest BCUT2D eigenvalue weighted by atomic mass is 10.4. The van der Waals surface area contributed by atoms with Gasteiger partial charge in [-0.1, -0.05) is 0 Å². The lowest BCUT2D eigenvalue weighted by molar-refractivity contribution is 0.197. The molecule has 0 aromatic rings. The summed E-state index contributed by atoms with van der Waals surface area (Å²) in [6.45, 7) is 4.16. The third-order valence-corrected chi connectivity index (χ3v) is 1.61. The van der Waals surface area contributed by atoms with E-state index in [0.717, 1.165) is 19.0 Å². The van der Waals surface area contributed by atoms with Gasteiger partial charge in [0.05, 0.1) is 12.6 Å². The topological polar surface area (TPSA) is 47.9 Å². The lowest BCUT2D eigenvalue weighted by Crippen LogP contribution is -2.38. The second kappa shape index (κ2) is 5.58. The minimum absolute atomic E-state index is 0. The molecule has 0 saturated carbocycles. The minimum atomic E-state index is -0.313. The molecule has 0 aromatic heterocycles. The number of aliphatic hydroxyl groups is 1. The molecule has 1 atom stereocenters. The third-order valence-electron chi connectivity index (χ3n) is 1.61. The highest BCUT2D eigenvalue weighted by Crippen LogP contribution is 1.94. The number of likely N-dealkylation sites (N-methyl/N-ethyl adjacent to an activating group) is 1. The van der Waals surface area contributed by atoms with Crippen LogP contribution in [-0.4, -0.2) is 48.8 Å². The summed E-state index contributed by atoms with van der Waals surface area (Å²) in [5.41, 5.74) is 0. The van der Waals surface area contributed by atoms with Gasteiger partial charge < -0.3 is 15.3 Å². The zero-order valence-corrected chi connectivity index (χ0v) is 9.78. The van der Waals surface area contributed by atoms with E-state index in [4.69, 9.17) is 5.11 Å². The van der Waals surface area contributed by atoms with Crippen LogP contribution in [0.25, 0.3) is 0 Å². The summed E-state index contributed by atoms with van der Waals surface area (Å²) >= 11 is 0. The van der Waals surface area contributed by atoms with Gasteiger partial charge in [-0.2, -0.15) is 0 Å². The summed E-state index contributed by atoms with van der Waals surface area (Å²) in [6, 6.07) is 0. The summed E-state index contributed by atoms with van der Waals surface area (Å²) in [5.74, 6) is 0.894. The van der Waals surface area contributed by atoms with Crippen molar-refractivity contribution in [3.63, 3.8) is 0 Å². The van der Waals surface area contributed by atoms with Gasteiger partial charge >= 0.3 is 0 Å². The van der Waals surface area contributed by atoms with E-state index in [1.807, 2.05) is 11.9 Å². The van der Waals surface area contributed by atoms with Gasteiger partial charge in [-0.25, -0.2) is 0 Å². The number of aliphatic hydroxyl groups excluding tert-OH is 1. The highest BCUT2D eigenvalue weighted by atomic mass is 127. The first kappa shape index (κ1) is 12.0. The Morgan fingerprint density at radius 3 is 2.83 bits per heavy atom. The minimum Gasteiger partial charge on any atom is -0.392 e. The number of rotatable bonds is 2. The first-order chi connectivity index (χ1) is 5.20. The third kappa shape index (κ3) is 3.57. The standard InChI is InChI=1S/C7H15N3O.HI/c1-6(11)5-9-7-8-3-4-10(7)2;/h6,11H,3-5H2,1-2H3,(H,8,9);1H/t6-;/m0./s1. The van der Waals surface area contributed by atoms with Crippen molar-refractivity contribution in [2.45, 2.75) is 13.0 Å². The van der Waals surface area contributed by atoms with Crippen LogP contribution in [0.2, 0.25) is 0 Å². The van der Waals surface area contributed by atoms with Gasteiger partial charge in [0.2, 0.25) is 0 Å². The normalized spacial score (nSPS) is 18.2. The molecule has 2 N–H and O–H groups in total. The second-order valence-electron chi connectivity index (χ2n) is 2.86. The van der Waals surface area contributed by atoms with Crippen LogP contribution in [0.4, 0.5) is 0 Å². The predicted molar refractivity (Wildman–Crippen MR) is 60.0 cm³/mol. The van der Waals surface area contributed by atoms with E-state index in [-0.39, 0.29) is 30.1 Å². The summed E-state index contributed by atoms with van der Waals surface area (Å²) in [4.78, 5) is 6.25. The Morgan fingerprint density at radius 2 is 2.42 bits per heavy atom. The van der Waals surface area contributed by atoms with Crippen molar-refractivity contribution in [3.05, 3.63) is 0 Å². The van der Waals surface area contributed by atoms with E-state index in [0.29, 0.717) is 6.54 Å². The number of hydrogen-bond acceptors (Lipinski definition) is 4. The number of nitrogens with one attached hydrogen (secondary N) is 1. The first-order valence-corrected chi connectivity index (χ1v) is 3.87. The molecule has 0 fully saturated rings. The highest BCUT2D eigenvalue weighted by molar-refractivity contribution is 14.0. The van der Waals surface area contributed by atoms with Crippen LogP contribution in [0, 0.1) is 0 Å². The van der Waals surface area contributed by atoms with Crippen molar-refractivity contribution in [1.82, 2.24) is 10.2 Å². The van der Waals surface area contributed by atoms with E-state index in [1.54, 1.807) is 6.92 Å². The van der Waals surface area contributed by atoms with E-state index >= 15 is 0 Å². The van der Waals surface area contributed by atoms with E-state index in [9.17, 15) is 0 Å². The number of hydrogen-bond donors (Lipinski definition) is 2. The van der Waals surface area contributed by atoms with Crippen molar-refractivity contribution in [3.8, 4) is 0 Å². The van der Waals surface area contributed by atoms with Crippen molar-refractivity contribution in [2.24, 2.45) is 4.99 Å². The quantitative estimate of drug-likeness (QED) is 0.695. The van der Waals surface area contributed by atoms with Gasteiger partial charge in [0.1, 0.15) is 0 Å². The average Bonchev–Trinajstić information content (AvgIpc) is 2.31. The van der Waals surface area contributed by atoms with E-state index in [1.165, 1.54) is 0 Å². The smallest absolute Gasteiger partial charge is 0.193 e. The van der Waals surface area contributed by atoms with Gasteiger partial charge in [0, 0.05) is 20.1 Å². The molecule has 0 saturated heterocycles. The Kier molecular flexibility index (Phi) is 5.56. The Bertz CT molecular complexity index is 161. The Morgan fingerprint density at radius 1 is 1.75 bits per heavy atom. The summed E-state index contributed by atoms with van der Waals surface area (Å²) in [5, 5.41) is 12.0. The number of guanidine groups is 1. The number of nitrogens with zero attached hydrogens (tertiary/aromatic N) is 2. The summed E-state index contributed by atoms with van der Waals surface area (Å²) in [6.07, 6.45) is -0.313. The maximum atomic E-state index is 8.96. The monoisotopic (exact) mass is 285 g/mol. The zero-order valence-electron chi connectivity index (χ0n) is 7.45. The molecule has 0 aliphatic carbocycles. The van der Waals surface area contributed by atoms with Crippen LogP contribution < -0.4 is 5.32 Å². The molecule has 0 unspecified atom stereocenters. The van der Waals surface area contributed by atoms with Crippen LogP contribution in [0.1, 0.15) is 6.92 Å². The van der Waals surface area contributed by atoms with Gasteiger partial charge in [-0.15, -0.1) is 24.0 Å². The Hall–Kier alpha value is -0.0400. The summed E-state index contributed by atoms with van der Waals surface area (Å²) < 4.78 is 0. The first-order valence-electron chi connectivity index (χ1n) is 3.87. The fourth-order valence-electron chi connectivity index (χ4n) is 0.962. The Balaban J connectivity index is 0.00000121. The molecule has 1 aliphatic rings. The fraction of sp³-hybridized carbons (Fsp3) is 0.857. The molecule has 4 nitrogen and oxygen atoms in total. The fourth-order valence-corrected chi connectivity index (χ4v) is 0.962. The van der Waals surface area contributed by atoms with Crippen molar-refractivity contribution < 1.29 is 5.11 Å². The van der Waals surface area contributed by atoms with E-state index < -0.39 is 0 Å². The molecule has 0 aromatic carbocycles. The van der Waals surface area contributed by atoms with Gasteiger partial charge in [0.15, 0.2) is 5.96 Å². The molecule has 12 heavy (non-hydrogen) atoms. The van der Waals surface area contributed by atoms with Crippen LogP contribution in [0.5, 0.6) is 0 Å². The van der Waals surface area contributed by atoms with Gasteiger partial charge in [-0.05, 0) is 6.92 Å². The van der Waals surface area contributed by atoms with Crippen molar-refractivity contribution in [2.75, 3.05) is 26.7 Å². The van der Waals surface area contributed by atoms with Gasteiger partial charge in [-0.3, -0.25) is 4.99 Å². The van der Waals surface area contributed by atoms with Crippen LogP contribution in [0.3, 0.4) is 0 Å². The van der Waals surface area contributed by atoms with Crippen LogP contribution >= 0.6 is 24.0 Å². The number of halogens is 1. The largest absolute Gasteiger partial charge is 0.392 e. The molecule has 72 valence electrons. The van der Waals surface area contributed by atoms with Crippen molar-refractivity contribution >= 4 is 29.9 Å². The SMILES string of the molecule is C[C@H](O)CNC1=NCCN1C.I. The molecular weight excluding hydrogens is 269 g/mol. The average molecular weight is 285 g/mol. The molecule has 0 spiro atoms. The van der Waals surface area contributed by atoms with Crippen molar-refractivity contribution in [1.29, 1.82) is 0 Å². The molecular formula is C7H16IN3O. The molecule has 5 heteroatoms. The predicted octanol–water partition coefficient (Wildman–Crippen LogP) is -0.124. The van der Waals surface area contributed by atoms with Crippen LogP contribution in [-0.2, 0) is 0 Å². The molecule has 1 rings (SSSR count). The lowest BCUT2D eigenvalue weighted by Gasteiger charge is -2.15. The van der Waals surface area contributed by atoms with E-state index in [2.05, 4.69) is 10.3 Å². The molecule has 0 amide bonds. The molecule has 0 bridgehead atoms. The number of aliphatic imine (C=N–C) groups is 1.